The van der Waals surface area contributed by atoms with Crippen molar-refractivity contribution < 1.29 is 22.7 Å². The Bertz CT molecular complexity index is 587. The van der Waals surface area contributed by atoms with E-state index in [1.807, 2.05) is 0 Å². The van der Waals surface area contributed by atoms with Crippen molar-refractivity contribution in [1.82, 2.24) is 0 Å². The van der Waals surface area contributed by atoms with Crippen LogP contribution in [0.4, 0.5) is 13.2 Å². The van der Waals surface area contributed by atoms with Crippen molar-refractivity contribution in [2.24, 2.45) is 0 Å². The van der Waals surface area contributed by atoms with Gasteiger partial charge in [0.15, 0.2) is 0 Å². The molecule has 0 aliphatic rings. The number of esters is 1. The average Bonchev–Trinajstić information content (AvgIpc) is 2.70. The number of hydrogen-bond acceptors (Lipinski definition) is 3. The van der Waals surface area contributed by atoms with Crippen molar-refractivity contribution in [1.29, 1.82) is 0 Å². The van der Waals surface area contributed by atoms with Crippen molar-refractivity contribution >= 4 is 27.4 Å². The Balaban J connectivity index is 2.43. The molecule has 0 aliphatic carbocycles. The van der Waals surface area contributed by atoms with Crippen molar-refractivity contribution in [3.8, 4) is 0 Å². The van der Waals surface area contributed by atoms with Crippen molar-refractivity contribution in [3.05, 3.63) is 34.7 Å². The Morgan fingerprint density at radius 1 is 1.33 bits per heavy atom. The molecule has 6 heteroatoms. The SMILES string of the molecule is CCOC(=O)c1cc2ccc(C(F)(F)F)cc2s1. The molecule has 1 aromatic carbocycles. The van der Waals surface area contributed by atoms with E-state index in [-0.39, 0.29) is 6.61 Å². The number of benzene rings is 1. The van der Waals surface area contributed by atoms with Crippen LogP contribution < -0.4 is 0 Å². The Labute approximate surface area is 105 Å². The first-order valence-electron chi connectivity index (χ1n) is 5.19. The molecule has 0 atom stereocenters. The number of thiophene rings is 1. The number of hydrogen-bond donors (Lipinski definition) is 0. The van der Waals surface area contributed by atoms with Gasteiger partial charge < -0.3 is 4.74 Å². The molecule has 2 rings (SSSR count). The largest absolute Gasteiger partial charge is 0.462 e. The zero-order valence-electron chi connectivity index (χ0n) is 9.38. The molecular weight excluding hydrogens is 265 g/mol. The minimum atomic E-state index is -4.37. The third kappa shape index (κ3) is 2.48. The minimum Gasteiger partial charge on any atom is -0.462 e. The van der Waals surface area contributed by atoms with Gasteiger partial charge in [0.05, 0.1) is 12.2 Å². The van der Waals surface area contributed by atoms with E-state index in [1.165, 1.54) is 12.1 Å². The van der Waals surface area contributed by atoms with Gasteiger partial charge in [-0.3, -0.25) is 0 Å². The van der Waals surface area contributed by atoms with Gasteiger partial charge in [-0.05, 0) is 30.5 Å². The highest BCUT2D eigenvalue weighted by Gasteiger charge is 2.30. The zero-order valence-corrected chi connectivity index (χ0v) is 10.2. The number of carbonyl (C=O) groups is 1. The molecular formula is C12H9F3O2S. The van der Waals surface area contributed by atoms with E-state index >= 15 is 0 Å². The summed E-state index contributed by atoms with van der Waals surface area (Å²) in [6.45, 7) is 1.91. The van der Waals surface area contributed by atoms with Crippen molar-refractivity contribution in [3.63, 3.8) is 0 Å². The van der Waals surface area contributed by atoms with Crippen LogP contribution in [-0.4, -0.2) is 12.6 Å². The van der Waals surface area contributed by atoms with E-state index in [2.05, 4.69) is 0 Å². The minimum absolute atomic E-state index is 0.237. The van der Waals surface area contributed by atoms with E-state index in [0.29, 0.717) is 15.0 Å². The fourth-order valence-corrected chi connectivity index (χ4v) is 2.51. The number of fused-ring (bicyclic) bond motifs is 1. The predicted molar refractivity (Wildman–Crippen MR) is 62.8 cm³/mol. The number of carbonyl (C=O) groups excluding carboxylic acids is 1. The Morgan fingerprint density at radius 3 is 2.67 bits per heavy atom. The number of ether oxygens (including phenoxy) is 1. The van der Waals surface area contributed by atoms with Gasteiger partial charge >= 0.3 is 12.1 Å². The van der Waals surface area contributed by atoms with Crippen molar-refractivity contribution in [2.75, 3.05) is 6.61 Å². The quantitative estimate of drug-likeness (QED) is 0.771. The fraction of sp³-hybridized carbons (Fsp3) is 0.250. The lowest BCUT2D eigenvalue weighted by Gasteiger charge is -2.05. The second-order valence-electron chi connectivity index (χ2n) is 3.58. The third-order valence-corrected chi connectivity index (χ3v) is 3.40. The first kappa shape index (κ1) is 12.9. The topological polar surface area (TPSA) is 26.3 Å². The Morgan fingerprint density at radius 2 is 2.06 bits per heavy atom. The first-order chi connectivity index (χ1) is 8.41. The summed E-state index contributed by atoms with van der Waals surface area (Å²) in [6.07, 6.45) is -4.37. The molecule has 0 unspecified atom stereocenters. The standard InChI is InChI=1S/C12H9F3O2S/c1-2-17-11(16)10-5-7-3-4-8(12(13,14)15)6-9(7)18-10/h3-6H,2H2,1H3. The molecule has 2 nitrogen and oxygen atoms in total. The molecule has 0 bridgehead atoms. The molecule has 0 spiro atoms. The summed E-state index contributed by atoms with van der Waals surface area (Å²) in [5.74, 6) is -0.507. The second kappa shape index (κ2) is 4.61. The maximum absolute atomic E-state index is 12.5. The Kier molecular flexibility index (Phi) is 3.30. The number of halogens is 3. The molecule has 1 aromatic heterocycles. The van der Waals surface area contributed by atoms with Gasteiger partial charge in [-0.2, -0.15) is 13.2 Å². The van der Waals surface area contributed by atoms with Crippen LogP contribution in [0.2, 0.25) is 0 Å². The van der Waals surface area contributed by atoms with Crippen LogP contribution in [0, 0.1) is 0 Å². The van der Waals surface area contributed by atoms with Gasteiger partial charge in [0.1, 0.15) is 4.88 Å². The van der Waals surface area contributed by atoms with E-state index in [4.69, 9.17) is 4.74 Å². The summed E-state index contributed by atoms with van der Waals surface area (Å²) in [7, 11) is 0. The van der Waals surface area contributed by atoms with Crippen LogP contribution in [0.5, 0.6) is 0 Å². The van der Waals surface area contributed by atoms with Crippen LogP contribution >= 0.6 is 11.3 Å². The lowest BCUT2D eigenvalue weighted by Crippen LogP contribution is -2.03. The normalized spacial score (nSPS) is 11.8. The van der Waals surface area contributed by atoms with Crippen LogP contribution in [0.15, 0.2) is 24.3 Å². The molecule has 1 heterocycles. The molecule has 0 amide bonds. The van der Waals surface area contributed by atoms with Gasteiger partial charge in [0.25, 0.3) is 0 Å². The summed E-state index contributed by atoms with van der Waals surface area (Å²) in [5, 5.41) is 0.607. The monoisotopic (exact) mass is 274 g/mol. The molecule has 0 radical (unpaired) electrons. The predicted octanol–water partition coefficient (Wildman–Crippen LogP) is 4.10. The fourth-order valence-electron chi connectivity index (χ4n) is 1.51. The Hall–Kier alpha value is -1.56. The van der Waals surface area contributed by atoms with Gasteiger partial charge in [-0.25, -0.2) is 4.79 Å². The van der Waals surface area contributed by atoms with Gasteiger partial charge in [0.2, 0.25) is 0 Å². The summed E-state index contributed by atoms with van der Waals surface area (Å²) < 4.78 is 42.8. The molecule has 18 heavy (non-hydrogen) atoms. The van der Waals surface area contributed by atoms with Crippen LogP contribution in [0.3, 0.4) is 0 Å². The molecule has 0 aliphatic heterocycles. The van der Waals surface area contributed by atoms with E-state index in [1.54, 1.807) is 6.92 Å². The van der Waals surface area contributed by atoms with E-state index in [9.17, 15) is 18.0 Å². The smallest absolute Gasteiger partial charge is 0.416 e. The third-order valence-electron chi connectivity index (χ3n) is 2.32. The molecule has 96 valence electrons. The summed E-state index contributed by atoms with van der Waals surface area (Å²) >= 11 is 1.00. The van der Waals surface area contributed by atoms with Crippen molar-refractivity contribution in [2.45, 2.75) is 13.1 Å². The number of rotatable bonds is 2. The summed E-state index contributed by atoms with van der Waals surface area (Å²) in [4.78, 5) is 11.8. The molecule has 0 saturated heterocycles. The van der Waals surface area contributed by atoms with E-state index < -0.39 is 17.7 Å². The molecule has 2 aromatic rings. The summed E-state index contributed by atoms with van der Waals surface area (Å²) in [6, 6.07) is 4.95. The zero-order chi connectivity index (χ0) is 13.3. The highest BCUT2D eigenvalue weighted by atomic mass is 32.1. The highest BCUT2D eigenvalue weighted by Crippen LogP contribution is 2.34. The molecule has 0 saturated carbocycles. The summed E-state index contributed by atoms with van der Waals surface area (Å²) in [5.41, 5.74) is -0.716. The highest BCUT2D eigenvalue weighted by molar-refractivity contribution is 7.20. The van der Waals surface area contributed by atoms with Gasteiger partial charge in [-0.1, -0.05) is 6.07 Å². The maximum Gasteiger partial charge on any atom is 0.416 e. The lowest BCUT2D eigenvalue weighted by molar-refractivity contribution is -0.137. The number of alkyl halides is 3. The van der Waals surface area contributed by atoms with Crippen LogP contribution in [-0.2, 0) is 10.9 Å². The lowest BCUT2D eigenvalue weighted by atomic mass is 10.1. The second-order valence-corrected chi connectivity index (χ2v) is 4.67. The molecule has 0 N–H and O–H groups in total. The maximum atomic E-state index is 12.5. The first-order valence-corrected chi connectivity index (χ1v) is 6.01. The van der Waals surface area contributed by atoms with Crippen LogP contribution in [0.25, 0.3) is 10.1 Å². The average molecular weight is 274 g/mol. The van der Waals surface area contributed by atoms with Gasteiger partial charge in [0, 0.05) is 4.70 Å². The van der Waals surface area contributed by atoms with Crippen LogP contribution in [0.1, 0.15) is 22.2 Å². The van der Waals surface area contributed by atoms with Gasteiger partial charge in [-0.15, -0.1) is 11.3 Å². The van der Waals surface area contributed by atoms with E-state index in [0.717, 1.165) is 23.5 Å². The molecule has 0 fully saturated rings.